The lowest BCUT2D eigenvalue weighted by Gasteiger charge is -2.05. The normalized spacial score (nSPS) is 12.5. The van der Waals surface area contributed by atoms with Gasteiger partial charge >= 0.3 is 0 Å². The van der Waals surface area contributed by atoms with Gasteiger partial charge in [0.05, 0.1) is 23.7 Å². The van der Waals surface area contributed by atoms with Gasteiger partial charge in [0.2, 0.25) is 0 Å². The summed E-state index contributed by atoms with van der Waals surface area (Å²) in [5.74, 6) is 0.761. The van der Waals surface area contributed by atoms with Crippen molar-refractivity contribution in [2.24, 2.45) is 5.92 Å². The number of benzene rings is 1. The number of ether oxygens (including phenoxy) is 1. The van der Waals surface area contributed by atoms with Crippen LogP contribution in [-0.2, 0) is 15.6 Å². The zero-order valence-corrected chi connectivity index (χ0v) is 10.5. The van der Waals surface area contributed by atoms with Gasteiger partial charge in [0, 0.05) is 10.8 Å². The van der Waals surface area contributed by atoms with Crippen LogP contribution >= 0.6 is 0 Å². The SMILES string of the molecule is COc1ccc(S(=O)CC(=O)C(C)C)cc1. The molecule has 0 radical (unpaired) electrons. The third-order valence-electron chi connectivity index (χ3n) is 2.24. The summed E-state index contributed by atoms with van der Waals surface area (Å²) >= 11 is 0. The summed E-state index contributed by atoms with van der Waals surface area (Å²) in [7, 11) is 0.328. The molecule has 1 rings (SSSR count). The quantitative estimate of drug-likeness (QED) is 0.791. The number of hydrogen-bond acceptors (Lipinski definition) is 3. The molecule has 0 bridgehead atoms. The van der Waals surface area contributed by atoms with Crippen molar-refractivity contribution in [1.29, 1.82) is 0 Å². The van der Waals surface area contributed by atoms with E-state index in [0.717, 1.165) is 5.75 Å². The van der Waals surface area contributed by atoms with Gasteiger partial charge in [-0.15, -0.1) is 0 Å². The summed E-state index contributed by atoms with van der Waals surface area (Å²) in [5, 5.41) is 0. The Hall–Kier alpha value is -1.16. The van der Waals surface area contributed by atoms with Gasteiger partial charge in [0.15, 0.2) is 0 Å². The summed E-state index contributed by atoms with van der Waals surface area (Å²) < 4.78 is 16.8. The Labute approximate surface area is 98.3 Å². The van der Waals surface area contributed by atoms with E-state index in [1.807, 2.05) is 13.8 Å². The summed E-state index contributed by atoms with van der Waals surface area (Å²) in [4.78, 5) is 12.1. The van der Waals surface area contributed by atoms with Gasteiger partial charge in [0.25, 0.3) is 0 Å². The smallest absolute Gasteiger partial charge is 0.148 e. The first-order chi connectivity index (χ1) is 7.54. The van der Waals surface area contributed by atoms with Crippen LogP contribution in [0.4, 0.5) is 0 Å². The highest BCUT2D eigenvalue weighted by Crippen LogP contribution is 2.14. The van der Waals surface area contributed by atoms with Crippen LogP contribution in [0.1, 0.15) is 13.8 Å². The Morgan fingerprint density at radius 2 is 1.88 bits per heavy atom. The fourth-order valence-corrected chi connectivity index (χ4v) is 2.30. The molecule has 0 spiro atoms. The van der Waals surface area contributed by atoms with Crippen molar-refractivity contribution in [2.45, 2.75) is 18.7 Å². The molecule has 16 heavy (non-hydrogen) atoms. The predicted molar refractivity (Wildman–Crippen MR) is 64.1 cm³/mol. The summed E-state index contributed by atoms with van der Waals surface area (Å²) in [6.07, 6.45) is 0. The molecule has 88 valence electrons. The first-order valence-electron chi connectivity index (χ1n) is 5.09. The standard InChI is InChI=1S/C12H16O3S/c1-9(2)12(13)8-16(14)11-6-4-10(15-3)5-7-11/h4-7,9H,8H2,1-3H3. The largest absolute Gasteiger partial charge is 0.497 e. The fourth-order valence-electron chi connectivity index (χ4n) is 1.11. The lowest BCUT2D eigenvalue weighted by Crippen LogP contribution is -2.16. The topological polar surface area (TPSA) is 43.4 Å². The zero-order valence-electron chi connectivity index (χ0n) is 9.73. The molecule has 1 unspecified atom stereocenters. The molecule has 0 saturated heterocycles. The van der Waals surface area contributed by atoms with Gasteiger partial charge in [-0.3, -0.25) is 9.00 Å². The van der Waals surface area contributed by atoms with E-state index >= 15 is 0 Å². The number of rotatable bonds is 5. The van der Waals surface area contributed by atoms with E-state index in [9.17, 15) is 9.00 Å². The van der Waals surface area contributed by atoms with E-state index in [1.165, 1.54) is 0 Å². The van der Waals surface area contributed by atoms with E-state index in [1.54, 1.807) is 31.4 Å². The van der Waals surface area contributed by atoms with E-state index in [-0.39, 0.29) is 17.5 Å². The van der Waals surface area contributed by atoms with Crippen molar-refractivity contribution in [1.82, 2.24) is 0 Å². The van der Waals surface area contributed by atoms with Gasteiger partial charge in [-0.1, -0.05) is 13.8 Å². The second-order valence-electron chi connectivity index (χ2n) is 3.79. The van der Waals surface area contributed by atoms with Gasteiger partial charge < -0.3 is 4.74 Å². The van der Waals surface area contributed by atoms with Crippen LogP contribution in [0.15, 0.2) is 29.2 Å². The van der Waals surface area contributed by atoms with Crippen molar-refractivity contribution < 1.29 is 13.7 Å². The number of Topliss-reactive ketones (excluding diaryl/α,β-unsaturated/α-hetero) is 1. The first-order valence-corrected chi connectivity index (χ1v) is 6.41. The highest BCUT2D eigenvalue weighted by atomic mass is 32.2. The van der Waals surface area contributed by atoms with Crippen LogP contribution < -0.4 is 4.74 Å². The molecule has 0 fully saturated rings. The molecule has 0 aliphatic carbocycles. The van der Waals surface area contributed by atoms with Gasteiger partial charge in [0.1, 0.15) is 11.5 Å². The predicted octanol–water partition coefficient (Wildman–Crippen LogP) is 2.03. The number of hydrogen-bond donors (Lipinski definition) is 0. The second kappa shape index (κ2) is 5.80. The first kappa shape index (κ1) is 12.9. The Bertz CT molecular complexity index is 382. The number of methoxy groups -OCH3 is 1. The maximum atomic E-state index is 11.8. The average Bonchev–Trinajstić information content (AvgIpc) is 2.28. The molecule has 4 heteroatoms. The molecular formula is C12H16O3S. The molecular weight excluding hydrogens is 224 g/mol. The lowest BCUT2D eigenvalue weighted by atomic mass is 10.1. The van der Waals surface area contributed by atoms with Crippen molar-refractivity contribution in [3.8, 4) is 5.75 Å². The van der Waals surface area contributed by atoms with Crippen molar-refractivity contribution >= 4 is 16.6 Å². The van der Waals surface area contributed by atoms with E-state index in [2.05, 4.69) is 0 Å². The maximum Gasteiger partial charge on any atom is 0.148 e. The molecule has 0 heterocycles. The van der Waals surface area contributed by atoms with Crippen molar-refractivity contribution in [3.05, 3.63) is 24.3 Å². The van der Waals surface area contributed by atoms with Crippen molar-refractivity contribution in [2.75, 3.05) is 12.9 Å². The van der Waals surface area contributed by atoms with Crippen LogP contribution in [0, 0.1) is 5.92 Å². The lowest BCUT2D eigenvalue weighted by molar-refractivity contribution is -0.119. The van der Waals surface area contributed by atoms with Crippen LogP contribution in [0.25, 0.3) is 0 Å². The fraction of sp³-hybridized carbons (Fsp3) is 0.417. The molecule has 0 aromatic heterocycles. The molecule has 0 saturated carbocycles. The maximum absolute atomic E-state index is 11.8. The monoisotopic (exact) mass is 240 g/mol. The molecule has 1 aromatic carbocycles. The van der Waals surface area contributed by atoms with Crippen LogP contribution in [0.2, 0.25) is 0 Å². The molecule has 0 amide bonds. The summed E-state index contributed by atoms with van der Waals surface area (Å²) in [5.41, 5.74) is 0. The second-order valence-corrected chi connectivity index (χ2v) is 5.24. The minimum atomic E-state index is -1.25. The number of carbonyl (C=O) groups excluding carboxylic acids is 1. The van der Waals surface area contributed by atoms with Crippen molar-refractivity contribution in [3.63, 3.8) is 0 Å². The van der Waals surface area contributed by atoms with E-state index < -0.39 is 10.8 Å². The minimum absolute atomic E-state index is 0.0224. The average molecular weight is 240 g/mol. The summed E-state index contributed by atoms with van der Waals surface area (Å²) in [6.45, 7) is 3.63. The Morgan fingerprint density at radius 1 is 1.31 bits per heavy atom. The Kier molecular flexibility index (Phi) is 4.68. The third kappa shape index (κ3) is 3.45. The molecule has 3 nitrogen and oxygen atoms in total. The van der Waals surface area contributed by atoms with Crippen LogP contribution in [0.3, 0.4) is 0 Å². The highest BCUT2D eigenvalue weighted by molar-refractivity contribution is 7.85. The summed E-state index contributed by atoms with van der Waals surface area (Å²) in [6, 6.07) is 6.94. The molecule has 0 N–H and O–H groups in total. The number of ketones is 1. The molecule has 0 aliphatic rings. The van der Waals surface area contributed by atoms with E-state index in [4.69, 9.17) is 4.74 Å². The highest BCUT2D eigenvalue weighted by Gasteiger charge is 2.13. The van der Waals surface area contributed by atoms with Crippen LogP contribution in [-0.4, -0.2) is 22.9 Å². The Morgan fingerprint density at radius 3 is 2.31 bits per heavy atom. The molecule has 1 aromatic rings. The van der Waals surface area contributed by atoms with Crippen LogP contribution in [0.5, 0.6) is 5.75 Å². The number of carbonyl (C=O) groups is 1. The van der Waals surface area contributed by atoms with Gasteiger partial charge in [-0.25, -0.2) is 0 Å². The Balaban J connectivity index is 2.70. The zero-order chi connectivity index (χ0) is 12.1. The molecule has 1 atom stereocenters. The van der Waals surface area contributed by atoms with E-state index in [0.29, 0.717) is 4.90 Å². The van der Waals surface area contributed by atoms with Gasteiger partial charge in [-0.2, -0.15) is 0 Å². The van der Waals surface area contributed by atoms with Gasteiger partial charge in [-0.05, 0) is 24.3 Å². The molecule has 0 aliphatic heterocycles. The minimum Gasteiger partial charge on any atom is -0.497 e. The third-order valence-corrected chi connectivity index (χ3v) is 3.58.